The van der Waals surface area contributed by atoms with Gasteiger partial charge < -0.3 is 10.1 Å². The number of esters is 1. The second-order valence-electron chi connectivity index (χ2n) is 6.25. The highest BCUT2D eigenvalue weighted by molar-refractivity contribution is 7.92. The first kappa shape index (κ1) is 20.4. The summed E-state index contributed by atoms with van der Waals surface area (Å²) in [5.74, 6) is -1.02. The van der Waals surface area contributed by atoms with Crippen molar-refractivity contribution in [2.24, 2.45) is 0 Å². The first-order valence-electron chi connectivity index (χ1n) is 8.27. The molecule has 2 aromatic carbocycles. The van der Waals surface area contributed by atoms with E-state index in [1.807, 2.05) is 13.8 Å². The van der Waals surface area contributed by atoms with E-state index in [0.29, 0.717) is 5.56 Å². The number of methoxy groups -OCH3 is 1. The Hall–Kier alpha value is -2.87. The molecule has 0 aliphatic carbocycles. The Balaban J connectivity index is 2.44. The largest absolute Gasteiger partial charge is 0.465 e. The Morgan fingerprint density at radius 3 is 2.37 bits per heavy atom. The predicted octanol–water partition coefficient (Wildman–Crippen LogP) is 2.72. The van der Waals surface area contributed by atoms with Crippen molar-refractivity contribution in [1.29, 1.82) is 0 Å². The van der Waals surface area contributed by atoms with Crippen LogP contribution < -0.4 is 10.0 Å². The van der Waals surface area contributed by atoms with Crippen LogP contribution in [0.5, 0.6) is 0 Å². The van der Waals surface area contributed by atoms with Crippen LogP contribution >= 0.6 is 0 Å². The fourth-order valence-electron chi connectivity index (χ4n) is 2.44. The van der Waals surface area contributed by atoms with Crippen molar-refractivity contribution in [3.63, 3.8) is 0 Å². The smallest absolute Gasteiger partial charge is 0.337 e. The van der Waals surface area contributed by atoms with Crippen LogP contribution in [0.4, 0.5) is 5.69 Å². The van der Waals surface area contributed by atoms with Gasteiger partial charge in [0.1, 0.15) is 0 Å². The molecular formula is C19H22N2O5S. The van der Waals surface area contributed by atoms with Crippen molar-refractivity contribution in [3.05, 3.63) is 59.2 Å². The summed E-state index contributed by atoms with van der Waals surface area (Å²) in [5, 5.41) is 2.73. The fraction of sp³-hybridized carbons (Fsp3) is 0.263. The van der Waals surface area contributed by atoms with Gasteiger partial charge in [0.2, 0.25) is 0 Å². The minimum Gasteiger partial charge on any atom is -0.465 e. The minimum atomic E-state index is -4.03. The molecular weight excluding hydrogens is 368 g/mol. The quantitative estimate of drug-likeness (QED) is 0.739. The maximum absolute atomic E-state index is 12.9. The van der Waals surface area contributed by atoms with E-state index in [-0.39, 0.29) is 33.7 Å². The van der Waals surface area contributed by atoms with E-state index in [9.17, 15) is 18.0 Å². The highest BCUT2D eigenvalue weighted by Crippen LogP contribution is 2.23. The Morgan fingerprint density at radius 1 is 1.07 bits per heavy atom. The van der Waals surface area contributed by atoms with Crippen LogP contribution in [0.2, 0.25) is 0 Å². The van der Waals surface area contributed by atoms with Crippen LogP contribution in [0.3, 0.4) is 0 Å². The van der Waals surface area contributed by atoms with Crippen LogP contribution in [0, 0.1) is 6.92 Å². The molecule has 0 unspecified atom stereocenters. The molecule has 0 heterocycles. The first-order valence-corrected chi connectivity index (χ1v) is 9.75. The molecule has 2 aromatic rings. The lowest BCUT2D eigenvalue weighted by Crippen LogP contribution is -2.31. The van der Waals surface area contributed by atoms with Crippen LogP contribution in [0.1, 0.15) is 40.1 Å². The van der Waals surface area contributed by atoms with Crippen molar-refractivity contribution in [2.45, 2.75) is 31.7 Å². The van der Waals surface area contributed by atoms with Crippen molar-refractivity contribution in [1.82, 2.24) is 5.32 Å². The molecule has 7 nitrogen and oxygen atoms in total. The molecule has 0 radical (unpaired) electrons. The molecule has 2 N–H and O–H groups in total. The number of para-hydroxylation sites is 1. The number of ether oxygens (including phenoxy) is 1. The lowest BCUT2D eigenvalue weighted by Gasteiger charge is -2.15. The fourth-order valence-corrected chi connectivity index (χ4v) is 3.80. The lowest BCUT2D eigenvalue weighted by molar-refractivity contribution is 0.0600. The highest BCUT2D eigenvalue weighted by atomic mass is 32.2. The number of aryl methyl sites for hydroxylation is 1. The average molecular weight is 390 g/mol. The van der Waals surface area contributed by atoms with Gasteiger partial charge >= 0.3 is 5.97 Å². The van der Waals surface area contributed by atoms with Crippen molar-refractivity contribution < 1.29 is 22.7 Å². The summed E-state index contributed by atoms with van der Waals surface area (Å²) >= 11 is 0. The monoisotopic (exact) mass is 390 g/mol. The van der Waals surface area contributed by atoms with Crippen molar-refractivity contribution in [2.75, 3.05) is 11.8 Å². The normalized spacial score (nSPS) is 11.1. The Kier molecular flexibility index (Phi) is 6.22. The molecule has 0 spiro atoms. The average Bonchev–Trinajstić information content (AvgIpc) is 2.60. The summed E-state index contributed by atoms with van der Waals surface area (Å²) in [6, 6.07) is 10.5. The van der Waals surface area contributed by atoms with Gasteiger partial charge in [-0.2, -0.15) is 0 Å². The zero-order valence-electron chi connectivity index (χ0n) is 15.6. The number of hydrogen-bond donors (Lipinski definition) is 2. The van der Waals surface area contributed by atoms with Gasteiger partial charge in [-0.25, -0.2) is 13.2 Å². The number of carbonyl (C=O) groups is 2. The van der Waals surface area contributed by atoms with E-state index in [2.05, 4.69) is 14.8 Å². The van der Waals surface area contributed by atoms with Crippen molar-refractivity contribution >= 4 is 27.6 Å². The Labute approximate surface area is 158 Å². The van der Waals surface area contributed by atoms with Crippen LogP contribution in [0.15, 0.2) is 47.4 Å². The second kappa shape index (κ2) is 8.22. The maximum atomic E-state index is 12.9. The third-order valence-corrected chi connectivity index (χ3v) is 5.24. The van der Waals surface area contributed by atoms with E-state index in [4.69, 9.17) is 0 Å². The standard InChI is InChI=1S/C19H22N2O5S/c1-12(2)20-18(22)15-7-5-6-8-16(15)21-27(24,25)17-11-14(19(23)26-4)10-9-13(17)3/h5-12,21H,1-4H3,(H,20,22). The molecule has 0 atom stereocenters. The molecule has 2 rings (SSSR count). The molecule has 1 amide bonds. The predicted molar refractivity (Wildman–Crippen MR) is 102 cm³/mol. The summed E-state index contributed by atoms with van der Waals surface area (Å²) in [4.78, 5) is 24.0. The summed E-state index contributed by atoms with van der Waals surface area (Å²) < 4.78 is 32.9. The Morgan fingerprint density at radius 2 is 1.74 bits per heavy atom. The number of hydrogen-bond acceptors (Lipinski definition) is 5. The van der Waals surface area contributed by atoms with Crippen LogP contribution in [-0.4, -0.2) is 33.4 Å². The molecule has 27 heavy (non-hydrogen) atoms. The van der Waals surface area contributed by atoms with Crippen LogP contribution in [0.25, 0.3) is 0 Å². The van der Waals surface area contributed by atoms with Crippen LogP contribution in [-0.2, 0) is 14.8 Å². The van der Waals surface area contributed by atoms with Gasteiger partial charge in [0.15, 0.2) is 0 Å². The lowest BCUT2D eigenvalue weighted by atomic mass is 10.1. The number of rotatable bonds is 6. The van der Waals surface area contributed by atoms with E-state index in [1.54, 1.807) is 19.1 Å². The topological polar surface area (TPSA) is 102 Å². The van der Waals surface area contributed by atoms with Gasteiger partial charge in [0, 0.05) is 6.04 Å². The first-order chi connectivity index (χ1) is 12.7. The number of nitrogens with one attached hydrogen (secondary N) is 2. The summed E-state index contributed by atoms with van der Waals surface area (Å²) in [6.07, 6.45) is 0. The number of anilines is 1. The third kappa shape index (κ3) is 4.85. The Bertz CT molecular complexity index is 968. The number of carbonyl (C=O) groups excluding carboxylic acids is 2. The summed E-state index contributed by atoms with van der Waals surface area (Å²) in [6.45, 7) is 5.24. The van der Waals surface area contributed by atoms with Gasteiger partial charge in [0.25, 0.3) is 15.9 Å². The van der Waals surface area contributed by atoms with E-state index >= 15 is 0 Å². The molecule has 0 aliphatic heterocycles. The SMILES string of the molecule is COC(=O)c1ccc(C)c(S(=O)(=O)Nc2ccccc2C(=O)NC(C)C)c1. The third-order valence-electron chi connectivity index (χ3n) is 3.73. The number of amides is 1. The number of sulfonamides is 1. The zero-order valence-corrected chi connectivity index (χ0v) is 16.4. The van der Waals surface area contributed by atoms with Gasteiger partial charge in [-0.1, -0.05) is 18.2 Å². The molecule has 0 aliphatic rings. The van der Waals surface area contributed by atoms with E-state index in [0.717, 1.165) is 0 Å². The zero-order chi connectivity index (χ0) is 20.2. The molecule has 0 aromatic heterocycles. The molecule has 144 valence electrons. The molecule has 0 bridgehead atoms. The van der Waals surface area contributed by atoms with E-state index < -0.39 is 16.0 Å². The molecule has 0 saturated heterocycles. The second-order valence-corrected chi connectivity index (χ2v) is 7.90. The number of benzene rings is 2. The maximum Gasteiger partial charge on any atom is 0.337 e. The molecule has 8 heteroatoms. The van der Waals surface area contributed by atoms with Gasteiger partial charge in [-0.3, -0.25) is 9.52 Å². The van der Waals surface area contributed by atoms with Crippen molar-refractivity contribution in [3.8, 4) is 0 Å². The van der Waals surface area contributed by atoms with Gasteiger partial charge in [-0.15, -0.1) is 0 Å². The molecule has 0 fully saturated rings. The van der Waals surface area contributed by atoms with Gasteiger partial charge in [-0.05, 0) is 50.6 Å². The van der Waals surface area contributed by atoms with Gasteiger partial charge in [0.05, 0.1) is 28.8 Å². The minimum absolute atomic E-state index is 0.0653. The van der Waals surface area contributed by atoms with E-state index in [1.165, 1.54) is 37.4 Å². The highest BCUT2D eigenvalue weighted by Gasteiger charge is 2.22. The summed E-state index contributed by atoms with van der Waals surface area (Å²) in [5.41, 5.74) is 0.934. The summed E-state index contributed by atoms with van der Waals surface area (Å²) in [7, 11) is -2.81. The molecule has 0 saturated carbocycles.